The smallest absolute Gasteiger partial charge is 0.317 e. The number of H-pyrrole nitrogens is 1. The van der Waals surface area contributed by atoms with Crippen molar-refractivity contribution in [2.24, 2.45) is 11.8 Å². The van der Waals surface area contributed by atoms with Gasteiger partial charge in [0.25, 0.3) is 0 Å². The predicted molar refractivity (Wildman–Crippen MR) is 104 cm³/mol. The topological polar surface area (TPSA) is 77.2 Å². The molecule has 28 heavy (non-hydrogen) atoms. The SMILES string of the molecule is CN1CCC(C2CCN(C(=O)NCc3nc(-c4ccc(F)cc4)n[nH]3)C2)CC1. The summed E-state index contributed by atoms with van der Waals surface area (Å²) < 4.78 is 13.0. The van der Waals surface area contributed by atoms with Crippen molar-refractivity contribution in [2.75, 3.05) is 33.2 Å². The highest BCUT2D eigenvalue weighted by atomic mass is 19.1. The molecule has 2 N–H and O–H groups in total. The number of aromatic amines is 1. The fourth-order valence-corrected chi connectivity index (χ4v) is 4.23. The predicted octanol–water partition coefficient (Wildman–Crippen LogP) is 2.48. The van der Waals surface area contributed by atoms with E-state index in [1.165, 1.54) is 25.0 Å². The zero-order chi connectivity index (χ0) is 19.5. The summed E-state index contributed by atoms with van der Waals surface area (Å²) in [4.78, 5) is 21.2. The molecular weight excluding hydrogens is 359 g/mol. The van der Waals surface area contributed by atoms with Crippen LogP contribution in [0.15, 0.2) is 24.3 Å². The van der Waals surface area contributed by atoms with E-state index >= 15 is 0 Å². The van der Waals surface area contributed by atoms with E-state index in [2.05, 4.69) is 32.4 Å². The molecule has 0 spiro atoms. The molecule has 1 unspecified atom stereocenters. The number of aromatic nitrogens is 3. The molecule has 0 radical (unpaired) electrons. The van der Waals surface area contributed by atoms with E-state index in [-0.39, 0.29) is 11.8 Å². The summed E-state index contributed by atoms with van der Waals surface area (Å²) in [7, 11) is 2.18. The number of hydrogen-bond donors (Lipinski definition) is 2. The maximum atomic E-state index is 13.0. The lowest BCUT2D eigenvalue weighted by Gasteiger charge is -2.32. The molecule has 1 aromatic carbocycles. The Hall–Kier alpha value is -2.48. The summed E-state index contributed by atoms with van der Waals surface area (Å²) >= 11 is 0. The number of benzene rings is 1. The molecule has 8 heteroatoms. The number of rotatable bonds is 4. The number of nitrogens with zero attached hydrogens (tertiary/aromatic N) is 4. The first-order chi connectivity index (χ1) is 13.6. The number of piperidine rings is 1. The minimum Gasteiger partial charge on any atom is -0.331 e. The highest BCUT2D eigenvalue weighted by Gasteiger charge is 2.33. The quantitative estimate of drug-likeness (QED) is 0.846. The number of carbonyl (C=O) groups excluding carboxylic acids is 1. The van der Waals surface area contributed by atoms with Crippen LogP contribution in [-0.2, 0) is 6.54 Å². The van der Waals surface area contributed by atoms with E-state index in [1.807, 2.05) is 4.90 Å². The van der Waals surface area contributed by atoms with E-state index in [9.17, 15) is 9.18 Å². The van der Waals surface area contributed by atoms with Gasteiger partial charge in [-0.25, -0.2) is 14.2 Å². The molecular formula is C20H27FN6O. The summed E-state index contributed by atoms with van der Waals surface area (Å²) in [6, 6.07) is 5.97. The molecule has 1 atom stereocenters. The second-order valence-corrected chi connectivity index (χ2v) is 7.91. The summed E-state index contributed by atoms with van der Waals surface area (Å²) in [6.45, 7) is 4.28. The number of halogens is 1. The molecule has 7 nitrogen and oxygen atoms in total. The third-order valence-electron chi connectivity index (χ3n) is 5.98. The van der Waals surface area contributed by atoms with Crippen molar-refractivity contribution in [3.8, 4) is 11.4 Å². The first-order valence-electron chi connectivity index (χ1n) is 9.97. The van der Waals surface area contributed by atoms with Crippen LogP contribution in [0.2, 0.25) is 0 Å². The molecule has 150 valence electrons. The highest BCUT2D eigenvalue weighted by Crippen LogP contribution is 2.31. The molecule has 2 aromatic rings. The van der Waals surface area contributed by atoms with Crippen LogP contribution < -0.4 is 5.32 Å². The molecule has 2 aliphatic heterocycles. The van der Waals surface area contributed by atoms with Gasteiger partial charge in [-0.3, -0.25) is 5.10 Å². The molecule has 4 rings (SSSR count). The Labute approximate surface area is 164 Å². The van der Waals surface area contributed by atoms with E-state index in [1.54, 1.807) is 12.1 Å². The van der Waals surface area contributed by atoms with Gasteiger partial charge in [0.1, 0.15) is 11.6 Å². The number of nitrogens with one attached hydrogen (secondary N) is 2. The van der Waals surface area contributed by atoms with Crippen LogP contribution in [0.3, 0.4) is 0 Å². The standard InChI is InChI=1S/C20H27FN6O/c1-26-9-6-14(7-10-26)16-8-11-27(13-16)20(28)22-12-18-23-19(25-24-18)15-2-4-17(21)5-3-15/h2-5,14,16H,6-13H2,1H3,(H,22,28)(H,23,24,25). The van der Waals surface area contributed by atoms with Crippen molar-refractivity contribution in [1.29, 1.82) is 0 Å². The fraction of sp³-hybridized carbons (Fsp3) is 0.550. The van der Waals surface area contributed by atoms with Crippen LogP contribution in [0, 0.1) is 17.7 Å². The zero-order valence-electron chi connectivity index (χ0n) is 16.2. The first-order valence-corrected chi connectivity index (χ1v) is 9.97. The lowest BCUT2D eigenvalue weighted by atomic mass is 9.84. The Balaban J connectivity index is 1.26. The van der Waals surface area contributed by atoms with Gasteiger partial charge in [0.05, 0.1) is 6.54 Å². The average Bonchev–Trinajstić information content (AvgIpc) is 3.37. The Kier molecular flexibility index (Phi) is 5.57. The average molecular weight is 386 g/mol. The molecule has 2 amide bonds. The van der Waals surface area contributed by atoms with Crippen molar-refractivity contribution in [2.45, 2.75) is 25.8 Å². The maximum absolute atomic E-state index is 13.0. The van der Waals surface area contributed by atoms with Gasteiger partial charge in [-0.2, -0.15) is 5.10 Å². The summed E-state index contributed by atoms with van der Waals surface area (Å²) in [5, 5.41) is 9.91. The Morgan fingerprint density at radius 3 is 2.64 bits per heavy atom. The Bertz CT molecular complexity index is 799. The molecule has 2 saturated heterocycles. The van der Waals surface area contributed by atoms with Gasteiger partial charge in [-0.1, -0.05) is 0 Å². The molecule has 0 bridgehead atoms. The molecule has 2 fully saturated rings. The van der Waals surface area contributed by atoms with Gasteiger partial charge in [0.15, 0.2) is 5.82 Å². The minimum absolute atomic E-state index is 0.0461. The van der Waals surface area contributed by atoms with Crippen LogP contribution >= 0.6 is 0 Å². The van der Waals surface area contributed by atoms with E-state index < -0.39 is 0 Å². The van der Waals surface area contributed by atoms with Gasteiger partial charge >= 0.3 is 6.03 Å². The van der Waals surface area contributed by atoms with Crippen molar-refractivity contribution in [1.82, 2.24) is 30.3 Å². The van der Waals surface area contributed by atoms with Gasteiger partial charge in [0, 0.05) is 18.7 Å². The number of urea groups is 1. The summed E-state index contributed by atoms with van der Waals surface area (Å²) in [5.74, 6) is 2.14. The molecule has 1 aromatic heterocycles. The van der Waals surface area contributed by atoms with Gasteiger partial charge in [-0.05, 0) is 75.5 Å². The molecule has 0 aliphatic carbocycles. The lowest BCUT2D eigenvalue weighted by Crippen LogP contribution is -2.39. The van der Waals surface area contributed by atoms with Crippen LogP contribution in [0.1, 0.15) is 25.1 Å². The van der Waals surface area contributed by atoms with Crippen LogP contribution in [0.4, 0.5) is 9.18 Å². The zero-order valence-corrected chi connectivity index (χ0v) is 16.2. The van der Waals surface area contributed by atoms with E-state index in [0.717, 1.165) is 44.1 Å². The van der Waals surface area contributed by atoms with Crippen molar-refractivity contribution in [3.05, 3.63) is 35.9 Å². The van der Waals surface area contributed by atoms with Gasteiger partial charge < -0.3 is 15.1 Å². The Morgan fingerprint density at radius 1 is 1.18 bits per heavy atom. The van der Waals surface area contributed by atoms with Crippen LogP contribution in [0.25, 0.3) is 11.4 Å². The third kappa shape index (κ3) is 4.32. The van der Waals surface area contributed by atoms with Crippen molar-refractivity contribution >= 4 is 6.03 Å². The number of hydrogen-bond acceptors (Lipinski definition) is 4. The summed E-state index contributed by atoms with van der Waals surface area (Å²) in [5.41, 5.74) is 0.732. The highest BCUT2D eigenvalue weighted by molar-refractivity contribution is 5.74. The molecule has 3 heterocycles. The van der Waals surface area contributed by atoms with Crippen molar-refractivity contribution in [3.63, 3.8) is 0 Å². The van der Waals surface area contributed by atoms with E-state index in [0.29, 0.717) is 24.1 Å². The minimum atomic E-state index is -0.295. The van der Waals surface area contributed by atoms with Crippen LogP contribution in [-0.4, -0.2) is 64.2 Å². The fourth-order valence-electron chi connectivity index (χ4n) is 4.23. The molecule has 2 aliphatic rings. The van der Waals surface area contributed by atoms with E-state index in [4.69, 9.17) is 0 Å². The largest absolute Gasteiger partial charge is 0.331 e. The monoisotopic (exact) mass is 386 g/mol. The molecule has 0 saturated carbocycles. The van der Waals surface area contributed by atoms with Crippen LogP contribution in [0.5, 0.6) is 0 Å². The maximum Gasteiger partial charge on any atom is 0.317 e. The van der Waals surface area contributed by atoms with Gasteiger partial charge in [-0.15, -0.1) is 0 Å². The summed E-state index contributed by atoms with van der Waals surface area (Å²) in [6.07, 6.45) is 3.57. The van der Waals surface area contributed by atoms with Gasteiger partial charge in [0.2, 0.25) is 0 Å². The number of likely N-dealkylation sites (tertiary alicyclic amines) is 2. The van der Waals surface area contributed by atoms with Crippen molar-refractivity contribution < 1.29 is 9.18 Å². The lowest BCUT2D eigenvalue weighted by molar-refractivity contribution is 0.168. The second-order valence-electron chi connectivity index (χ2n) is 7.91. The second kappa shape index (κ2) is 8.26. The number of carbonyl (C=O) groups is 1. The number of amides is 2. The normalized spacial score (nSPS) is 21.2. The Morgan fingerprint density at radius 2 is 1.89 bits per heavy atom. The first kappa shape index (κ1) is 18.9. The third-order valence-corrected chi connectivity index (χ3v) is 5.98.